The smallest absolute Gasteiger partial charge is 0.224 e. The molecule has 0 spiro atoms. The Morgan fingerprint density at radius 2 is 1.77 bits per heavy atom. The van der Waals surface area contributed by atoms with Crippen LogP contribution in [0.4, 0.5) is 22.0 Å². The van der Waals surface area contributed by atoms with Crippen LogP contribution >= 0.6 is 0 Å². The van der Waals surface area contributed by atoms with Crippen molar-refractivity contribution in [2.24, 2.45) is 0 Å². The number of nitrogens with zero attached hydrogens (tertiary/aromatic N) is 4. The highest BCUT2D eigenvalue weighted by atomic mass is 19.1. The number of benzene rings is 2. The van der Waals surface area contributed by atoms with E-state index in [1.54, 1.807) is 24.4 Å². The molecule has 2 aromatic heterocycles. The molecule has 2 heterocycles. The Bertz CT molecular complexity index is 1120. The zero-order valence-corrected chi connectivity index (χ0v) is 17.1. The summed E-state index contributed by atoms with van der Waals surface area (Å²) in [6.07, 6.45) is 3.68. The summed E-state index contributed by atoms with van der Waals surface area (Å²) in [5.74, 6) is 0.780. The number of rotatable bonds is 8. The number of fused-ring (bicyclic) bond motifs is 1. The Balaban J connectivity index is 1.51. The van der Waals surface area contributed by atoms with Gasteiger partial charge in [0.1, 0.15) is 11.3 Å². The fourth-order valence-electron chi connectivity index (χ4n) is 3.37. The third kappa shape index (κ3) is 4.40. The Labute approximate surface area is 175 Å². The van der Waals surface area contributed by atoms with Crippen molar-refractivity contribution < 1.29 is 4.39 Å². The third-order valence-corrected chi connectivity index (χ3v) is 4.84. The molecule has 0 fully saturated rings. The molecule has 30 heavy (non-hydrogen) atoms. The molecule has 0 saturated carbocycles. The second-order valence-corrected chi connectivity index (χ2v) is 7.42. The Hall–Kier alpha value is -3.48. The van der Waals surface area contributed by atoms with Gasteiger partial charge in [0.15, 0.2) is 5.65 Å². The molecule has 0 unspecified atom stereocenters. The van der Waals surface area contributed by atoms with Crippen molar-refractivity contribution in [1.29, 1.82) is 0 Å². The van der Waals surface area contributed by atoms with Gasteiger partial charge >= 0.3 is 0 Å². The lowest BCUT2D eigenvalue weighted by Crippen LogP contribution is -2.09. The zero-order chi connectivity index (χ0) is 20.9. The van der Waals surface area contributed by atoms with Gasteiger partial charge in [0, 0.05) is 12.6 Å². The summed E-state index contributed by atoms with van der Waals surface area (Å²) in [7, 11) is 0. The largest absolute Gasteiger partial charge is 0.354 e. The van der Waals surface area contributed by atoms with E-state index in [0.717, 1.165) is 19.4 Å². The number of aromatic nitrogens is 4. The van der Waals surface area contributed by atoms with Gasteiger partial charge in [-0.3, -0.25) is 4.57 Å². The summed E-state index contributed by atoms with van der Waals surface area (Å²) < 4.78 is 16.0. The first-order chi connectivity index (χ1) is 14.6. The van der Waals surface area contributed by atoms with Gasteiger partial charge < -0.3 is 10.6 Å². The average molecular weight is 404 g/mol. The van der Waals surface area contributed by atoms with E-state index >= 15 is 0 Å². The maximum atomic E-state index is 14.1. The quantitative estimate of drug-likeness (QED) is 0.388. The standard InChI is InChI=1S/C23H25FN6/c1-16(2)30-21-20(28-23(30)27-19-13-7-6-12-18(19)24)15-26-22(29-21)25-14-8-11-17-9-4-3-5-10-17/h3-7,9-10,12-13,15-16H,8,11,14H2,1-2H3,(H,27,28)(H,25,26,29). The highest BCUT2D eigenvalue weighted by Gasteiger charge is 2.17. The van der Waals surface area contributed by atoms with Crippen LogP contribution < -0.4 is 10.6 Å². The highest BCUT2D eigenvalue weighted by molar-refractivity contribution is 5.76. The number of hydrogen-bond acceptors (Lipinski definition) is 5. The number of halogens is 1. The van der Waals surface area contributed by atoms with Gasteiger partial charge in [-0.05, 0) is 44.4 Å². The first kappa shape index (κ1) is 19.8. The van der Waals surface area contributed by atoms with E-state index in [4.69, 9.17) is 0 Å². The van der Waals surface area contributed by atoms with Gasteiger partial charge in [0.2, 0.25) is 11.9 Å². The molecule has 0 aliphatic rings. The van der Waals surface area contributed by atoms with E-state index in [-0.39, 0.29) is 11.9 Å². The van der Waals surface area contributed by atoms with Crippen LogP contribution in [0.1, 0.15) is 31.9 Å². The van der Waals surface area contributed by atoms with Gasteiger partial charge in [-0.1, -0.05) is 42.5 Å². The van der Waals surface area contributed by atoms with Crippen LogP contribution in [0.2, 0.25) is 0 Å². The summed E-state index contributed by atoms with van der Waals surface area (Å²) in [5, 5.41) is 6.39. The van der Waals surface area contributed by atoms with Gasteiger partial charge in [0.05, 0.1) is 11.9 Å². The molecule has 0 radical (unpaired) electrons. The summed E-state index contributed by atoms with van der Waals surface area (Å²) in [5.41, 5.74) is 3.07. The molecule has 154 valence electrons. The predicted octanol–water partition coefficient (Wildman–Crippen LogP) is 5.33. The molecule has 0 amide bonds. The second-order valence-electron chi connectivity index (χ2n) is 7.42. The van der Waals surface area contributed by atoms with Gasteiger partial charge in [-0.15, -0.1) is 0 Å². The minimum atomic E-state index is -0.327. The zero-order valence-electron chi connectivity index (χ0n) is 17.1. The fourth-order valence-corrected chi connectivity index (χ4v) is 3.37. The van der Waals surface area contributed by atoms with Crippen molar-refractivity contribution in [1.82, 2.24) is 19.5 Å². The van der Waals surface area contributed by atoms with Crippen molar-refractivity contribution in [3.8, 4) is 0 Å². The van der Waals surface area contributed by atoms with E-state index in [1.165, 1.54) is 11.6 Å². The van der Waals surface area contributed by atoms with Crippen LogP contribution in [0, 0.1) is 5.82 Å². The number of imidazole rings is 1. The SMILES string of the molecule is CC(C)n1c(Nc2ccccc2F)nc2cnc(NCCCc3ccccc3)nc21. The molecule has 6 nitrogen and oxygen atoms in total. The summed E-state index contributed by atoms with van der Waals surface area (Å²) in [4.78, 5) is 13.6. The van der Waals surface area contributed by atoms with Crippen LogP contribution in [0.25, 0.3) is 11.2 Å². The van der Waals surface area contributed by atoms with Crippen LogP contribution in [0.5, 0.6) is 0 Å². The molecule has 4 aromatic rings. The summed E-state index contributed by atoms with van der Waals surface area (Å²) >= 11 is 0. The van der Waals surface area contributed by atoms with E-state index in [1.807, 2.05) is 24.5 Å². The van der Waals surface area contributed by atoms with Crippen LogP contribution in [0.3, 0.4) is 0 Å². The number of para-hydroxylation sites is 1. The molecule has 2 aromatic carbocycles. The molecule has 0 aliphatic heterocycles. The molecule has 0 atom stereocenters. The summed E-state index contributed by atoms with van der Waals surface area (Å²) in [6, 6.07) is 17.0. The second kappa shape index (κ2) is 8.90. The number of aryl methyl sites for hydroxylation is 1. The minimum Gasteiger partial charge on any atom is -0.354 e. The molecule has 2 N–H and O–H groups in total. The van der Waals surface area contributed by atoms with E-state index in [9.17, 15) is 4.39 Å². The predicted molar refractivity (Wildman–Crippen MR) is 119 cm³/mol. The molecular formula is C23H25FN6. The normalized spacial score (nSPS) is 11.2. The van der Waals surface area contributed by atoms with Crippen molar-refractivity contribution in [3.63, 3.8) is 0 Å². The van der Waals surface area contributed by atoms with Crippen LogP contribution in [-0.4, -0.2) is 26.1 Å². The van der Waals surface area contributed by atoms with Gasteiger partial charge in [-0.2, -0.15) is 4.98 Å². The van der Waals surface area contributed by atoms with E-state index in [0.29, 0.717) is 28.7 Å². The van der Waals surface area contributed by atoms with Crippen LogP contribution in [-0.2, 0) is 6.42 Å². The Morgan fingerprint density at radius 3 is 2.53 bits per heavy atom. The topological polar surface area (TPSA) is 67.7 Å². The average Bonchev–Trinajstić information content (AvgIpc) is 3.11. The lowest BCUT2D eigenvalue weighted by molar-refractivity contribution is 0.615. The molecule has 0 bridgehead atoms. The van der Waals surface area contributed by atoms with E-state index < -0.39 is 0 Å². The van der Waals surface area contributed by atoms with Crippen molar-refractivity contribution in [2.75, 3.05) is 17.2 Å². The van der Waals surface area contributed by atoms with Gasteiger partial charge in [0.25, 0.3) is 0 Å². The highest BCUT2D eigenvalue weighted by Crippen LogP contribution is 2.26. The monoisotopic (exact) mass is 404 g/mol. The first-order valence-electron chi connectivity index (χ1n) is 10.2. The maximum absolute atomic E-state index is 14.1. The molecule has 4 rings (SSSR count). The molecule has 7 heteroatoms. The Morgan fingerprint density at radius 1 is 1.00 bits per heavy atom. The number of hydrogen-bond donors (Lipinski definition) is 2. The molecule has 0 saturated heterocycles. The maximum Gasteiger partial charge on any atom is 0.224 e. The number of anilines is 3. The minimum absolute atomic E-state index is 0.0881. The van der Waals surface area contributed by atoms with Crippen molar-refractivity contribution >= 4 is 28.7 Å². The number of nitrogens with one attached hydrogen (secondary N) is 2. The third-order valence-electron chi connectivity index (χ3n) is 4.84. The Kier molecular flexibility index (Phi) is 5.88. The van der Waals surface area contributed by atoms with Crippen molar-refractivity contribution in [2.45, 2.75) is 32.7 Å². The van der Waals surface area contributed by atoms with Gasteiger partial charge in [-0.25, -0.2) is 14.4 Å². The molecular weight excluding hydrogens is 379 g/mol. The van der Waals surface area contributed by atoms with Crippen molar-refractivity contribution in [3.05, 3.63) is 72.2 Å². The summed E-state index contributed by atoms with van der Waals surface area (Å²) in [6.45, 7) is 4.86. The molecule has 0 aliphatic carbocycles. The first-order valence-corrected chi connectivity index (χ1v) is 10.2. The fraction of sp³-hybridized carbons (Fsp3) is 0.261. The van der Waals surface area contributed by atoms with E-state index in [2.05, 4.69) is 49.9 Å². The van der Waals surface area contributed by atoms with Crippen LogP contribution in [0.15, 0.2) is 60.8 Å². The lowest BCUT2D eigenvalue weighted by atomic mass is 10.1. The lowest BCUT2D eigenvalue weighted by Gasteiger charge is -2.14.